The van der Waals surface area contributed by atoms with Crippen LogP contribution in [0.15, 0.2) is 29.2 Å². The maximum absolute atomic E-state index is 13.0. The fourth-order valence-electron chi connectivity index (χ4n) is 4.56. The maximum atomic E-state index is 13.0. The molecule has 2 saturated heterocycles. The highest BCUT2D eigenvalue weighted by Crippen LogP contribution is 2.32. The Morgan fingerprint density at radius 3 is 2.47 bits per heavy atom. The van der Waals surface area contributed by atoms with Crippen molar-refractivity contribution in [1.29, 1.82) is 0 Å². The van der Waals surface area contributed by atoms with Gasteiger partial charge in [-0.1, -0.05) is 13.3 Å². The summed E-state index contributed by atoms with van der Waals surface area (Å²) in [6, 6.07) is 6.52. The van der Waals surface area contributed by atoms with Crippen molar-refractivity contribution in [3.8, 4) is 5.75 Å². The molecule has 0 bridgehead atoms. The molecule has 3 rings (SSSR count). The predicted octanol–water partition coefficient (Wildman–Crippen LogP) is 2.33. The molecule has 7 nitrogen and oxygen atoms in total. The van der Waals surface area contributed by atoms with Crippen LogP contribution in [0.5, 0.6) is 5.75 Å². The molecule has 1 aromatic carbocycles. The summed E-state index contributed by atoms with van der Waals surface area (Å²) >= 11 is 0. The van der Waals surface area contributed by atoms with Crippen molar-refractivity contribution >= 4 is 15.9 Å². The number of sulfonamides is 1. The van der Waals surface area contributed by atoms with Gasteiger partial charge in [0.2, 0.25) is 15.9 Å². The van der Waals surface area contributed by atoms with Crippen molar-refractivity contribution in [3.63, 3.8) is 0 Å². The molecule has 2 fully saturated rings. The van der Waals surface area contributed by atoms with Crippen molar-refractivity contribution in [1.82, 2.24) is 14.5 Å². The number of nitrogens with one attached hydrogen (secondary N) is 1. The molecular formula is C22H35N3O4S. The topological polar surface area (TPSA) is 78.9 Å². The third-order valence-corrected chi connectivity index (χ3v) is 8.35. The Morgan fingerprint density at radius 1 is 1.13 bits per heavy atom. The van der Waals surface area contributed by atoms with Gasteiger partial charge in [-0.25, -0.2) is 8.42 Å². The normalized spacial score (nSPS) is 23.4. The fourth-order valence-corrected chi connectivity index (χ4v) is 6.08. The number of ether oxygens (including phenoxy) is 1. The minimum absolute atomic E-state index is 0.0871. The number of nitrogens with zero attached hydrogens (tertiary/aromatic N) is 2. The molecule has 0 aromatic heterocycles. The van der Waals surface area contributed by atoms with Gasteiger partial charge >= 0.3 is 0 Å². The van der Waals surface area contributed by atoms with E-state index >= 15 is 0 Å². The second-order valence-electron chi connectivity index (χ2n) is 8.36. The van der Waals surface area contributed by atoms with Crippen LogP contribution in [0.2, 0.25) is 0 Å². The zero-order valence-corrected chi connectivity index (χ0v) is 19.0. The van der Waals surface area contributed by atoms with Gasteiger partial charge < -0.3 is 15.0 Å². The van der Waals surface area contributed by atoms with Crippen molar-refractivity contribution < 1.29 is 17.9 Å². The standard InChI is InChI=1S/C22H35N3O4S/c1-3-18-17-25(30(27,28)21-8-6-20(29-2)7-9-21)14-10-19(18)16-22(26)23-11-15-24-12-4-5-13-24/h6-9,18-19H,3-5,10-17H2,1-2H3,(H,23,26). The summed E-state index contributed by atoms with van der Waals surface area (Å²) < 4.78 is 32.8. The molecule has 168 valence electrons. The average Bonchev–Trinajstić information content (AvgIpc) is 3.27. The van der Waals surface area contributed by atoms with E-state index in [0.717, 1.165) is 26.1 Å². The highest BCUT2D eigenvalue weighted by Gasteiger charge is 2.35. The molecule has 1 N–H and O–H groups in total. The van der Waals surface area contributed by atoms with Gasteiger partial charge in [-0.15, -0.1) is 0 Å². The summed E-state index contributed by atoms with van der Waals surface area (Å²) in [5.74, 6) is 1.14. The van der Waals surface area contributed by atoms with Crippen LogP contribution < -0.4 is 10.1 Å². The summed E-state index contributed by atoms with van der Waals surface area (Å²) in [5.41, 5.74) is 0. The third-order valence-electron chi connectivity index (χ3n) is 6.47. The van der Waals surface area contributed by atoms with Crippen LogP contribution in [0.1, 0.15) is 39.0 Å². The Balaban J connectivity index is 1.52. The van der Waals surface area contributed by atoms with E-state index in [9.17, 15) is 13.2 Å². The summed E-state index contributed by atoms with van der Waals surface area (Å²) in [7, 11) is -1.98. The first-order valence-corrected chi connectivity index (χ1v) is 12.5. The van der Waals surface area contributed by atoms with E-state index in [4.69, 9.17) is 4.74 Å². The first kappa shape index (κ1) is 23.0. The molecule has 0 saturated carbocycles. The highest BCUT2D eigenvalue weighted by molar-refractivity contribution is 7.89. The van der Waals surface area contributed by atoms with Crippen LogP contribution >= 0.6 is 0 Å². The molecule has 0 aliphatic carbocycles. The third kappa shape index (κ3) is 5.74. The number of rotatable bonds is 9. The molecule has 0 spiro atoms. The molecule has 1 amide bonds. The van der Waals surface area contributed by atoms with Crippen LogP contribution in [0.25, 0.3) is 0 Å². The van der Waals surface area contributed by atoms with Crippen molar-refractivity contribution in [3.05, 3.63) is 24.3 Å². The fraction of sp³-hybridized carbons (Fsp3) is 0.682. The molecule has 8 heteroatoms. The number of hydrogen-bond donors (Lipinski definition) is 1. The molecule has 2 atom stereocenters. The predicted molar refractivity (Wildman–Crippen MR) is 117 cm³/mol. The van der Waals surface area contributed by atoms with E-state index in [1.165, 1.54) is 12.8 Å². The Hall–Kier alpha value is -1.64. The first-order chi connectivity index (χ1) is 14.4. The van der Waals surface area contributed by atoms with Gasteiger partial charge in [0.1, 0.15) is 5.75 Å². The Kier molecular flexibility index (Phi) is 8.13. The SMILES string of the molecule is CCC1CN(S(=O)(=O)c2ccc(OC)cc2)CCC1CC(=O)NCCN1CCCC1. The number of benzene rings is 1. The monoisotopic (exact) mass is 437 g/mol. The number of likely N-dealkylation sites (tertiary alicyclic amines) is 1. The van der Waals surface area contributed by atoms with Gasteiger partial charge in [0.15, 0.2) is 0 Å². The van der Waals surface area contributed by atoms with Gasteiger partial charge in [-0.2, -0.15) is 4.31 Å². The number of hydrogen-bond acceptors (Lipinski definition) is 5. The Labute approximate surface area is 180 Å². The number of carbonyl (C=O) groups is 1. The van der Waals surface area contributed by atoms with Gasteiger partial charge in [0.25, 0.3) is 0 Å². The quantitative estimate of drug-likeness (QED) is 0.642. The van der Waals surface area contributed by atoms with Crippen LogP contribution in [0.4, 0.5) is 0 Å². The minimum Gasteiger partial charge on any atom is -0.497 e. The second-order valence-corrected chi connectivity index (χ2v) is 10.3. The van der Waals surface area contributed by atoms with E-state index in [2.05, 4.69) is 17.1 Å². The maximum Gasteiger partial charge on any atom is 0.243 e. The lowest BCUT2D eigenvalue weighted by molar-refractivity contribution is -0.122. The van der Waals surface area contributed by atoms with Gasteiger partial charge in [-0.05, 0) is 68.5 Å². The zero-order chi connectivity index (χ0) is 21.6. The molecule has 2 heterocycles. The summed E-state index contributed by atoms with van der Waals surface area (Å²) in [4.78, 5) is 15.1. The zero-order valence-electron chi connectivity index (χ0n) is 18.2. The van der Waals surface area contributed by atoms with Crippen LogP contribution in [-0.2, 0) is 14.8 Å². The molecule has 30 heavy (non-hydrogen) atoms. The van der Waals surface area contributed by atoms with E-state index in [0.29, 0.717) is 38.2 Å². The first-order valence-electron chi connectivity index (χ1n) is 11.1. The van der Waals surface area contributed by atoms with Crippen LogP contribution in [0, 0.1) is 11.8 Å². The number of amides is 1. The smallest absolute Gasteiger partial charge is 0.243 e. The summed E-state index contributed by atoms with van der Waals surface area (Å²) in [6.45, 7) is 6.88. The molecular weight excluding hydrogens is 402 g/mol. The molecule has 1 aromatic rings. The van der Waals surface area contributed by atoms with Gasteiger partial charge in [0.05, 0.1) is 12.0 Å². The lowest BCUT2D eigenvalue weighted by Gasteiger charge is -2.37. The number of methoxy groups -OCH3 is 1. The van der Waals surface area contributed by atoms with Crippen LogP contribution in [-0.4, -0.2) is 69.9 Å². The van der Waals surface area contributed by atoms with Crippen molar-refractivity contribution in [2.24, 2.45) is 11.8 Å². The lowest BCUT2D eigenvalue weighted by atomic mass is 9.82. The van der Waals surface area contributed by atoms with E-state index < -0.39 is 10.0 Å². The van der Waals surface area contributed by atoms with Gasteiger partial charge in [-0.3, -0.25) is 4.79 Å². The highest BCUT2D eigenvalue weighted by atomic mass is 32.2. The second kappa shape index (κ2) is 10.6. The molecule has 2 aliphatic heterocycles. The Morgan fingerprint density at radius 2 is 1.83 bits per heavy atom. The van der Waals surface area contributed by atoms with Crippen molar-refractivity contribution in [2.75, 3.05) is 46.4 Å². The number of carbonyl (C=O) groups excluding carboxylic acids is 1. The van der Waals surface area contributed by atoms with E-state index in [-0.39, 0.29) is 22.6 Å². The lowest BCUT2D eigenvalue weighted by Crippen LogP contribution is -2.45. The van der Waals surface area contributed by atoms with E-state index in [1.807, 2.05) is 0 Å². The minimum atomic E-state index is -3.53. The molecule has 2 aliphatic rings. The summed E-state index contributed by atoms with van der Waals surface area (Å²) in [5, 5.41) is 3.06. The molecule has 0 radical (unpaired) electrons. The van der Waals surface area contributed by atoms with Crippen molar-refractivity contribution in [2.45, 2.75) is 43.9 Å². The average molecular weight is 438 g/mol. The van der Waals surface area contributed by atoms with Crippen LogP contribution in [0.3, 0.4) is 0 Å². The number of piperidine rings is 1. The van der Waals surface area contributed by atoms with Gasteiger partial charge in [0, 0.05) is 32.6 Å². The largest absolute Gasteiger partial charge is 0.497 e. The Bertz CT molecular complexity index is 791. The van der Waals surface area contributed by atoms with E-state index in [1.54, 1.807) is 35.7 Å². The molecule has 2 unspecified atom stereocenters. The summed E-state index contributed by atoms with van der Waals surface area (Å²) in [6.07, 6.45) is 4.57.